The largest absolute Gasteiger partial charge is 0.494 e. The standard InChI is InChI=1S/C25H28N2O3/c1-25(2)20-16-17(29-15-5-12-27-13-10-26-11-14-27)8-9-18(20)23(28)22-19-6-3-4-7-21(19)30-24(22)25/h3-4,6-9,16,26H,5,10-15H2,1-2H3. The van der Waals surface area contributed by atoms with E-state index < -0.39 is 5.41 Å². The molecule has 0 spiro atoms. The second kappa shape index (κ2) is 7.56. The Morgan fingerprint density at radius 2 is 1.93 bits per heavy atom. The van der Waals surface area contributed by atoms with Crippen LogP contribution < -0.4 is 10.1 Å². The van der Waals surface area contributed by atoms with Gasteiger partial charge in [-0.15, -0.1) is 0 Å². The number of para-hydroxylation sites is 1. The molecule has 1 saturated heterocycles. The van der Waals surface area contributed by atoms with Crippen molar-refractivity contribution in [3.8, 4) is 5.75 Å². The molecule has 2 aliphatic rings. The zero-order valence-electron chi connectivity index (χ0n) is 17.7. The summed E-state index contributed by atoms with van der Waals surface area (Å²) in [4.78, 5) is 15.8. The number of piperazine rings is 1. The van der Waals surface area contributed by atoms with Crippen molar-refractivity contribution < 1.29 is 13.9 Å². The Bertz CT molecular complexity index is 1090. The number of hydrogen-bond donors (Lipinski definition) is 1. The summed E-state index contributed by atoms with van der Waals surface area (Å²) in [6.45, 7) is 10.3. The Morgan fingerprint density at radius 3 is 2.77 bits per heavy atom. The van der Waals surface area contributed by atoms with Crippen molar-refractivity contribution in [3.05, 3.63) is 64.9 Å². The first-order valence-corrected chi connectivity index (χ1v) is 10.8. The Hall–Kier alpha value is -2.63. The van der Waals surface area contributed by atoms with Gasteiger partial charge in [0.25, 0.3) is 0 Å². The first-order valence-electron chi connectivity index (χ1n) is 10.8. The molecular weight excluding hydrogens is 376 g/mol. The highest BCUT2D eigenvalue weighted by molar-refractivity contribution is 6.19. The van der Waals surface area contributed by atoms with Crippen LogP contribution in [0.15, 0.2) is 46.9 Å². The monoisotopic (exact) mass is 404 g/mol. The second-order valence-electron chi connectivity index (χ2n) is 8.76. The first kappa shape index (κ1) is 19.3. The molecule has 5 heteroatoms. The van der Waals surface area contributed by atoms with Gasteiger partial charge in [0, 0.05) is 49.1 Å². The summed E-state index contributed by atoms with van der Waals surface area (Å²) in [7, 11) is 0. The Kier molecular flexibility index (Phi) is 4.88. The highest BCUT2D eigenvalue weighted by atomic mass is 16.5. The first-order chi connectivity index (χ1) is 14.6. The Balaban J connectivity index is 1.37. The normalized spacial score (nSPS) is 18.3. The third kappa shape index (κ3) is 3.22. The third-order valence-corrected chi connectivity index (χ3v) is 6.40. The fraction of sp³-hybridized carbons (Fsp3) is 0.400. The van der Waals surface area contributed by atoms with E-state index in [4.69, 9.17) is 9.15 Å². The molecule has 0 saturated carbocycles. The number of carbonyl (C=O) groups excluding carboxylic acids is 1. The van der Waals surface area contributed by atoms with Gasteiger partial charge in [-0.2, -0.15) is 0 Å². The van der Waals surface area contributed by atoms with Crippen LogP contribution in [0, 0.1) is 0 Å². The quantitative estimate of drug-likeness (QED) is 0.652. The van der Waals surface area contributed by atoms with Gasteiger partial charge in [-0.1, -0.05) is 18.2 Å². The topological polar surface area (TPSA) is 54.7 Å². The van der Waals surface area contributed by atoms with Gasteiger partial charge < -0.3 is 19.4 Å². The fourth-order valence-corrected chi connectivity index (χ4v) is 4.71. The second-order valence-corrected chi connectivity index (χ2v) is 8.76. The van der Waals surface area contributed by atoms with E-state index in [1.807, 2.05) is 42.5 Å². The molecular formula is C25H28N2O3. The van der Waals surface area contributed by atoms with E-state index in [9.17, 15) is 4.79 Å². The van der Waals surface area contributed by atoms with Gasteiger partial charge in [0.2, 0.25) is 0 Å². The summed E-state index contributed by atoms with van der Waals surface area (Å²) in [6, 6.07) is 13.6. The minimum Gasteiger partial charge on any atom is -0.494 e. The van der Waals surface area contributed by atoms with Crippen LogP contribution in [-0.2, 0) is 5.41 Å². The predicted molar refractivity (Wildman–Crippen MR) is 118 cm³/mol. The van der Waals surface area contributed by atoms with Crippen LogP contribution in [0.1, 0.15) is 47.5 Å². The van der Waals surface area contributed by atoms with Crippen molar-refractivity contribution in [1.82, 2.24) is 10.2 Å². The van der Waals surface area contributed by atoms with Crippen LogP contribution in [0.3, 0.4) is 0 Å². The average molecular weight is 405 g/mol. The van der Waals surface area contributed by atoms with Gasteiger partial charge in [0.15, 0.2) is 5.78 Å². The number of nitrogens with zero attached hydrogens (tertiary/aromatic N) is 1. The van der Waals surface area contributed by atoms with Crippen LogP contribution in [0.5, 0.6) is 5.75 Å². The molecule has 30 heavy (non-hydrogen) atoms. The van der Waals surface area contributed by atoms with E-state index in [1.54, 1.807) is 0 Å². The van der Waals surface area contributed by atoms with Crippen molar-refractivity contribution in [1.29, 1.82) is 0 Å². The zero-order chi connectivity index (χ0) is 20.7. The van der Waals surface area contributed by atoms with E-state index in [0.717, 1.165) is 72.8 Å². The number of ether oxygens (including phenoxy) is 1. The fourth-order valence-electron chi connectivity index (χ4n) is 4.71. The van der Waals surface area contributed by atoms with E-state index in [1.165, 1.54) is 0 Å². The van der Waals surface area contributed by atoms with E-state index >= 15 is 0 Å². The maximum absolute atomic E-state index is 13.3. The molecule has 0 unspecified atom stereocenters. The highest BCUT2D eigenvalue weighted by Gasteiger charge is 2.41. The van der Waals surface area contributed by atoms with Crippen molar-refractivity contribution in [2.75, 3.05) is 39.3 Å². The maximum Gasteiger partial charge on any atom is 0.197 e. The summed E-state index contributed by atoms with van der Waals surface area (Å²) in [6.07, 6.45) is 0.993. The molecule has 2 heterocycles. The number of rotatable bonds is 5. The number of benzene rings is 2. The van der Waals surface area contributed by atoms with Gasteiger partial charge in [0.1, 0.15) is 17.1 Å². The van der Waals surface area contributed by atoms with Crippen LogP contribution in [-0.4, -0.2) is 50.0 Å². The van der Waals surface area contributed by atoms with E-state index in [0.29, 0.717) is 12.2 Å². The third-order valence-electron chi connectivity index (χ3n) is 6.40. The summed E-state index contributed by atoms with van der Waals surface area (Å²) in [5.41, 5.74) is 2.78. The zero-order valence-corrected chi connectivity index (χ0v) is 17.7. The minimum atomic E-state index is -0.405. The molecule has 1 aliphatic heterocycles. The van der Waals surface area contributed by atoms with E-state index in [-0.39, 0.29) is 5.78 Å². The Morgan fingerprint density at radius 1 is 1.13 bits per heavy atom. The number of nitrogens with one attached hydrogen (secondary N) is 1. The number of hydrogen-bond acceptors (Lipinski definition) is 5. The lowest BCUT2D eigenvalue weighted by molar-refractivity contribution is 0.102. The Labute approximate surface area is 177 Å². The lowest BCUT2D eigenvalue weighted by Gasteiger charge is -2.31. The molecule has 2 aromatic carbocycles. The van der Waals surface area contributed by atoms with Crippen LogP contribution in [0.4, 0.5) is 0 Å². The van der Waals surface area contributed by atoms with Crippen molar-refractivity contribution in [3.63, 3.8) is 0 Å². The van der Waals surface area contributed by atoms with Crippen molar-refractivity contribution >= 4 is 16.8 Å². The molecule has 1 fully saturated rings. The van der Waals surface area contributed by atoms with E-state index in [2.05, 4.69) is 24.1 Å². The van der Waals surface area contributed by atoms with Gasteiger partial charge in [0.05, 0.1) is 12.2 Å². The van der Waals surface area contributed by atoms with Crippen LogP contribution >= 0.6 is 0 Å². The van der Waals surface area contributed by atoms with Gasteiger partial charge in [-0.3, -0.25) is 4.79 Å². The molecule has 0 atom stereocenters. The van der Waals surface area contributed by atoms with Gasteiger partial charge in [-0.05, 0) is 50.1 Å². The molecule has 0 bridgehead atoms. The smallest absolute Gasteiger partial charge is 0.197 e. The molecule has 156 valence electrons. The van der Waals surface area contributed by atoms with Gasteiger partial charge >= 0.3 is 0 Å². The van der Waals surface area contributed by atoms with Gasteiger partial charge in [-0.25, -0.2) is 0 Å². The molecule has 1 aromatic heterocycles. The predicted octanol–water partition coefficient (Wildman–Crippen LogP) is 3.98. The molecule has 1 aliphatic carbocycles. The van der Waals surface area contributed by atoms with Crippen molar-refractivity contribution in [2.45, 2.75) is 25.7 Å². The number of fused-ring (bicyclic) bond motifs is 4. The van der Waals surface area contributed by atoms with Crippen LogP contribution in [0.25, 0.3) is 11.0 Å². The summed E-state index contributed by atoms with van der Waals surface area (Å²) >= 11 is 0. The minimum absolute atomic E-state index is 0.0366. The lowest BCUT2D eigenvalue weighted by Crippen LogP contribution is -2.43. The molecule has 5 nitrogen and oxygen atoms in total. The summed E-state index contributed by atoms with van der Waals surface area (Å²) in [5.74, 6) is 1.60. The average Bonchev–Trinajstić information content (AvgIpc) is 3.17. The SMILES string of the molecule is CC1(C)c2cc(OCCCN3CCNCC3)ccc2C(=O)c2c1oc1ccccc21. The highest BCUT2D eigenvalue weighted by Crippen LogP contribution is 2.46. The van der Waals surface area contributed by atoms with Crippen LogP contribution in [0.2, 0.25) is 0 Å². The lowest BCUT2D eigenvalue weighted by atomic mass is 9.72. The molecule has 5 rings (SSSR count). The summed E-state index contributed by atoms with van der Waals surface area (Å²) < 4.78 is 12.2. The number of furan rings is 1. The molecule has 1 N–H and O–H groups in total. The maximum atomic E-state index is 13.3. The molecule has 0 radical (unpaired) electrons. The molecule has 3 aromatic rings. The summed E-state index contributed by atoms with van der Waals surface area (Å²) in [5, 5.41) is 4.27. The molecule has 0 amide bonds. The van der Waals surface area contributed by atoms with Crippen molar-refractivity contribution in [2.24, 2.45) is 0 Å². The number of ketones is 1. The number of carbonyl (C=O) groups is 1.